The Morgan fingerprint density at radius 1 is 1.31 bits per heavy atom. The average molecular weight is 382 g/mol. The quantitative estimate of drug-likeness (QED) is 0.698. The van der Waals surface area contributed by atoms with E-state index in [-0.39, 0.29) is 17.2 Å². The maximum absolute atomic E-state index is 12.8. The second-order valence-corrected chi connectivity index (χ2v) is 6.44. The molecule has 0 spiro atoms. The van der Waals surface area contributed by atoms with E-state index in [4.69, 9.17) is 0 Å². The molecule has 1 aromatic carbocycles. The Labute approximate surface area is 150 Å². The van der Waals surface area contributed by atoms with Gasteiger partial charge in [-0.3, -0.25) is 4.79 Å². The number of carbonyl (C=O) groups excluding carboxylic acids is 1. The van der Waals surface area contributed by atoms with Crippen molar-refractivity contribution in [3.63, 3.8) is 0 Å². The number of fused-ring (bicyclic) bond motifs is 1. The van der Waals surface area contributed by atoms with Gasteiger partial charge in [0.15, 0.2) is 5.69 Å². The summed E-state index contributed by atoms with van der Waals surface area (Å²) in [5, 5.41) is 14.8. The van der Waals surface area contributed by atoms with Crippen molar-refractivity contribution >= 4 is 29.1 Å². The van der Waals surface area contributed by atoms with E-state index in [0.29, 0.717) is 10.9 Å². The van der Waals surface area contributed by atoms with Crippen LogP contribution >= 0.6 is 11.8 Å². The predicted octanol–water partition coefficient (Wildman–Crippen LogP) is 3.21. The van der Waals surface area contributed by atoms with Crippen LogP contribution in [0.15, 0.2) is 29.4 Å². The SMILES string of the molecule is CCSc1nc2nnc(C(=O)Nc3cccc(C(F)(F)F)c3)c(C)n2n1. The summed E-state index contributed by atoms with van der Waals surface area (Å²) in [7, 11) is 0. The first-order valence-corrected chi connectivity index (χ1v) is 8.49. The first-order chi connectivity index (χ1) is 12.3. The lowest BCUT2D eigenvalue weighted by molar-refractivity contribution is -0.137. The number of alkyl halides is 3. The van der Waals surface area contributed by atoms with Gasteiger partial charge in [-0.05, 0) is 30.9 Å². The van der Waals surface area contributed by atoms with Crippen molar-refractivity contribution in [2.24, 2.45) is 0 Å². The number of nitrogens with one attached hydrogen (secondary N) is 1. The van der Waals surface area contributed by atoms with Crippen LogP contribution in [0.5, 0.6) is 0 Å². The molecule has 0 saturated carbocycles. The van der Waals surface area contributed by atoms with E-state index >= 15 is 0 Å². The highest BCUT2D eigenvalue weighted by Gasteiger charge is 2.30. The Kier molecular flexibility index (Phi) is 4.81. The summed E-state index contributed by atoms with van der Waals surface area (Å²) in [6.45, 7) is 3.56. The first-order valence-electron chi connectivity index (χ1n) is 7.51. The molecular weight excluding hydrogens is 369 g/mol. The van der Waals surface area contributed by atoms with Crippen molar-refractivity contribution in [2.75, 3.05) is 11.1 Å². The highest BCUT2D eigenvalue weighted by Crippen LogP contribution is 2.30. The van der Waals surface area contributed by atoms with Gasteiger partial charge in [0.05, 0.1) is 11.3 Å². The molecular formula is C15H13F3N6OS. The largest absolute Gasteiger partial charge is 0.416 e. The van der Waals surface area contributed by atoms with Crippen LogP contribution in [-0.2, 0) is 6.18 Å². The summed E-state index contributed by atoms with van der Waals surface area (Å²) in [5.41, 5.74) is -0.513. The first kappa shape index (κ1) is 18.1. The number of hydrogen-bond acceptors (Lipinski definition) is 6. The molecule has 2 heterocycles. The van der Waals surface area contributed by atoms with Crippen LogP contribution in [0.3, 0.4) is 0 Å². The number of nitrogens with zero attached hydrogens (tertiary/aromatic N) is 5. The molecule has 0 aliphatic heterocycles. The molecule has 26 heavy (non-hydrogen) atoms. The third kappa shape index (κ3) is 3.62. The summed E-state index contributed by atoms with van der Waals surface area (Å²) < 4.78 is 39.7. The number of amides is 1. The molecule has 0 atom stereocenters. The number of halogens is 3. The number of carbonyl (C=O) groups is 1. The van der Waals surface area contributed by atoms with E-state index in [1.807, 2.05) is 6.92 Å². The number of benzene rings is 1. The lowest BCUT2D eigenvalue weighted by atomic mass is 10.2. The zero-order valence-electron chi connectivity index (χ0n) is 13.7. The van der Waals surface area contributed by atoms with Gasteiger partial charge in [-0.15, -0.1) is 15.3 Å². The molecule has 0 saturated heterocycles. The zero-order chi connectivity index (χ0) is 18.9. The van der Waals surface area contributed by atoms with Gasteiger partial charge in [0.25, 0.3) is 11.7 Å². The molecule has 3 aromatic rings. The van der Waals surface area contributed by atoms with Crippen molar-refractivity contribution in [1.82, 2.24) is 24.8 Å². The topological polar surface area (TPSA) is 85.1 Å². The molecule has 1 N–H and O–H groups in total. The highest BCUT2D eigenvalue weighted by molar-refractivity contribution is 7.99. The second kappa shape index (κ2) is 6.90. The third-order valence-corrected chi connectivity index (χ3v) is 4.13. The van der Waals surface area contributed by atoms with E-state index < -0.39 is 17.6 Å². The number of aromatic nitrogens is 5. The Balaban J connectivity index is 1.89. The van der Waals surface area contributed by atoms with E-state index in [2.05, 4.69) is 25.6 Å². The van der Waals surface area contributed by atoms with E-state index in [1.165, 1.54) is 28.4 Å². The van der Waals surface area contributed by atoms with Gasteiger partial charge in [0.2, 0.25) is 5.16 Å². The molecule has 0 unspecified atom stereocenters. The van der Waals surface area contributed by atoms with Crippen molar-refractivity contribution in [3.05, 3.63) is 41.2 Å². The van der Waals surface area contributed by atoms with Gasteiger partial charge >= 0.3 is 6.18 Å². The lowest BCUT2D eigenvalue weighted by Crippen LogP contribution is -2.19. The molecule has 0 bridgehead atoms. The van der Waals surface area contributed by atoms with Crippen LogP contribution in [0.1, 0.15) is 28.7 Å². The van der Waals surface area contributed by atoms with Crippen molar-refractivity contribution in [3.8, 4) is 0 Å². The Hall–Kier alpha value is -2.69. The minimum absolute atomic E-state index is 0.00643. The maximum Gasteiger partial charge on any atom is 0.416 e. The van der Waals surface area contributed by atoms with Crippen LogP contribution in [0.2, 0.25) is 0 Å². The third-order valence-electron chi connectivity index (χ3n) is 3.41. The van der Waals surface area contributed by atoms with Crippen LogP contribution in [0.4, 0.5) is 18.9 Å². The summed E-state index contributed by atoms with van der Waals surface area (Å²) >= 11 is 1.41. The molecule has 136 valence electrons. The number of anilines is 1. The summed E-state index contributed by atoms with van der Waals surface area (Å²) in [6, 6.07) is 4.35. The van der Waals surface area contributed by atoms with E-state index in [0.717, 1.165) is 17.9 Å². The van der Waals surface area contributed by atoms with Gasteiger partial charge < -0.3 is 5.32 Å². The molecule has 11 heteroatoms. The van der Waals surface area contributed by atoms with Gasteiger partial charge in [0.1, 0.15) is 0 Å². The molecule has 3 rings (SSSR count). The van der Waals surface area contributed by atoms with Gasteiger partial charge in [-0.2, -0.15) is 22.7 Å². The van der Waals surface area contributed by atoms with Gasteiger partial charge in [0, 0.05) is 5.69 Å². The summed E-state index contributed by atoms with van der Waals surface area (Å²) in [4.78, 5) is 16.6. The monoisotopic (exact) mass is 382 g/mol. The molecule has 0 radical (unpaired) electrons. The smallest absolute Gasteiger partial charge is 0.321 e. The van der Waals surface area contributed by atoms with E-state index in [9.17, 15) is 18.0 Å². The number of rotatable bonds is 4. The van der Waals surface area contributed by atoms with E-state index in [1.54, 1.807) is 6.92 Å². The molecule has 0 fully saturated rings. The molecule has 2 aromatic heterocycles. The van der Waals surface area contributed by atoms with Gasteiger partial charge in [-0.1, -0.05) is 24.8 Å². The lowest BCUT2D eigenvalue weighted by Gasteiger charge is -2.10. The molecule has 0 aliphatic carbocycles. The fraction of sp³-hybridized carbons (Fsp3) is 0.267. The molecule has 0 aliphatic rings. The average Bonchev–Trinajstić information content (AvgIpc) is 2.98. The molecule has 1 amide bonds. The predicted molar refractivity (Wildman–Crippen MR) is 89.1 cm³/mol. The Morgan fingerprint density at radius 2 is 2.08 bits per heavy atom. The fourth-order valence-electron chi connectivity index (χ4n) is 2.21. The Bertz CT molecular complexity index is 972. The highest BCUT2D eigenvalue weighted by atomic mass is 32.2. The summed E-state index contributed by atoms with van der Waals surface area (Å²) in [5.74, 6) is 0.331. The van der Waals surface area contributed by atoms with Crippen molar-refractivity contribution in [1.29, 1.82) is 0 Å². The number of thioether (sulfide) groups is 1. The summed E-state index contributed by atoms with van der Waals surface area (Å²) in [6.07, 6.45) is -4.50. The Morgan fingerprint density at radius 3 is 2.77 bits per heavy atom. The minimum atomic E-state index is -4.50. The zero-order valence-corrected chi connectivity index (χ0v) is 14.5. The van der Waals surface area contributed by atoms with Crippen molar-refractivity contribution in [2.45, 2.75) is 25.2 Å². The number of hydrogen-bond donors (Lipinski definition) is 1. The van der Waals surface area contributed by atoms with Crippen LogP contribution in [0, 0.1) is 6.92 Å². The number of aryl methyl sites for hydroxylation is 1. The minimum Gasteiger partial charge on any atom is -0.321 e. The van der Waals surface area contributed by atoms with Gasteiger partial charge in [-0.25, -0.2) is 0 Å². The standard InChI is InChI=1S/C15H13F3N6OS/c1-3-26-14-20-13-22-21-11(8(2)24(13)23-14)12(25)19-10-6-4-5-9(7-10)15(16,17)18/h4-7H,3H2,1-2H3,(H,19,25). The maximum atomic E-state index is 12.8. The van der Waals surface area contributed by atoms with Crippen LogP contribution in [0.25, 0.3) is 5.78 Å². The van der Waals surface area contributed by atoms with Crippen LogP contribution < -0.4 is 5.32 Å². The second-order valence-electron chi connectivity index (χ2n) is 5.21. The van der Waals surface area contributed by atoms with Crippen molar-refractivity contribution < 1.29 is 18.0 Å². The fourth-order valence-corrected chi connectivity index (χ4v) is 2.75. The normalized spacial score (nSPS) is 11.7. The van der Waals surface area contributed by atoms with Crippen LogP contribution in [-0.4, -0.2) is 36.5 Å². The molecule has 7 nitrogen and oxygen atoms in total.